The normalized spacial score (nSPS) is 13.5. The summed E-state index contributed by atoms with van der Waals surface area (Å²) in [5.41, 5.74) is 5.33. The van der Waals surface area contributed by atoms with Gasteiger partial charge in [-0.15, -0.1) is 0 Å². The van der Waals surface area contributed by atoms with Crippen molar-refractivity contribution in [1.82, 2.24) is 0 Å². The average molecular weight is 690 g/mol. The molecular formula is C37H72NO8P. The van der Waals surface area contributed by atoms with Crippen molar-refractivity contribution in [2.24, 2.45) is 5.73 Å². The van der Waals surface area contributed by atoms with E-state index in [1.807, 2.05) is 0 Å². The fraction of sp³-hybridized carbons (Fsp3) is 0.892. The third-order valence-corrected chi connectivity index (χ3v) is 9.14. The summed E-state index contributed by atoms with van der Waals surface area (Å²) in [5, 5.41) is 0. The van der Waals surface area contributed by atoms with E-state index < -0.39 is 26.5 Å². The average Bonchev–Trinajstić information content (AvgIpc) is 3.05. The third kappa shape index (κ3) is 34.4. The van der Waals surface area contributed by atoms with Crippen molar-refractivity contribution in [3.8, 4) is 0 Å². The summed E-state index contributed by atoms with van der Waals surface area (Å²) in [6.07, 6.45) is 32.4. The second kappa shape index (κ2) is 34.6. The summed E-state index contributed by atoms with van der Waals surface area (Å²) in [4.78, 5) is 34.7. The van der Waals surface area contributed by atoms with Crippen LogP contribution in [0.1, 0.15) is 181 Å². The Hall–Kier alpha value is -1.25. The number of carbonyl (C=O) groups is 2. The number of carbonyl (C=O) groups excluding carboxylic acids is 2. The maximum Gasteiger partial charge on any atom is 0.472 e. The van der Waals surface area contributed by atoms with Gasteiger partial charge in [-0.3, -0.25) is 18.6 Å². The molecule has 0 heterocycles. The van der Waals surface area contributed by atoms with Gasteiger partial charge in [-0.25, -0.2) is 4.57 Å². The van der Waals surface area contributed by atoms with Gasteiger partial charge >= 0.3 is 19.8 Å². The second-order valence-corrected chi connectivity index (χ2v) is 14.3. The molecule has 278 valence electrons. The maximum atomic E-state index is 12.5. The van der Waals surface area contributed by atoms with Gasteiger partial charge in [0.25, 0.3) is 0 Å². The van der Waals surface area contributed by atoms with Crippen LogP contribution < -0.4 is 5.73 Å². The summed E-state index contributed by atoms with van der Waals surface area (Å²) >= 11 is 0. The number of phosphoric acid groups is 1. The summed E-state index contributed by atoms with van der Waals surface area (Å²) < 4.78 is 32.6. The van der Waals surface area contributed by atoms with Crippen molar-refractivity contribution in [1.29, 1.82) is 0 Å². The number of ether oxygens (including phenoxy) is 2. The van der Waals surface area contributed by atoms with Crippen LogP contribution >= 0.6 is 7.82 Å². The Balaban J connectivity index is 4.22. The molecule has 0 saturated heterocycles. The van der Waals surface area contributed by atoms with E-state index in [4.69, 9.17) is 24.3 Å². The minimum absolute atomic E-state index is 0.0545. The van der Waals surface area contributed by atoms with Crippen LogP contribution in [0.5, 0.6) is 0 Å². The highest BCUT2D eigenvalue weighted by Gasteiger charge is 2.25. The molecule has 0 aromatic heterocycles. The molecule has 10 heteroatoms. The Kier molecular flexibility index (Phi) is 33.7. The molecule has 0 saturated carbocycles. The minimum atomic E-state index is -4.37. The molecule has 0 amide bonds. The first-order valence-corrected chi connectivity index (χ1v) is 20.7. The Morgan fingerprint density at radius 3 is 1.51 bits per heavy atom. The lowest BCUT2D eigenvalue weighted by molar-refractivity contribution is -0.161. The lowest BCUT2D eigenvalue weighted by Gasteiger charge is -2.19. The molecule has 0 aliphatic carbocycles. The van der Waals surface area contributed by atoms with Crippen molar-refractivity contribution in [3.63, 3.8) is 0 Å². The predicted molar refractivity (Wildman–Crippen MR) is 192 cm³/mol. The fourth-order valence-corrected chi connectivity index (χ4v) is 6.04. The molecular weight excluding hydrogens is 617 g/mol. The van der Waals surface area contributed by atoms with Crippen LogP contribution in [0.2, 0.25) is 0 Å². The molecule has 9 nitrogen and oxygen atoms in total. The van der Waals surface area contributed by atoms with E-state index in [9.17, 15) is 19.0 Å². The highest BCUT2D eigenvalue weighted by Crippen LogP contribution is 2.43. The van der Waals surface area contributed by atoms with Gasteiger partial charge in [-0.2, -0.15) is 0 Å². The molecule has 0 spiro atoms. The SMILES string of the molecule is CCCCCCC/C=C/CCCCCCCC(=O)O[C@H](COC(=O)CCCCCCCCCCCCCC)COP(=O)(O)OCCN. The monoisotopic (exact) mass is 689 g/mol. The van der Waals surface area contributed by atoms with Crippen LogP contribution in [0.3, 0.4) is 0 Å². The lowest BCUT2D eigenvalue weighted by atomic mass is 10.0. The van der Waals surface area contributed by atoms with E-state index >= 15 is 0 Å². The molecule has 0 aliphatic heterocycles. The second-order valence-electron chi connectivity index (χ2n) is 12.8. The van der Waals surface area contributed by atoms with E-state index in [-0.39, 0.29) is 38.6 Å². The molecule has 0 fully saturated rings. The zero-order chi connectivity index (χ0) is 34.7. The van der Waals surface area contributed by atoms with Crippen molar-refractivity contribution < 1.29 is 37.6 Å². The molecule has 1 unspecified atom stereocenters. The number of hydrogen-bond acceptors (Lipinski definition) is 8. The van der Waals surface area contributed by atoms with E-state index in [2.05, 4.69) is 26.0 Å². The van der Waals surface area contributed by atoms with Gasteiger partial charge in [0, 0.05) is 19.4 Å². The Labute approximate surface area is 288 Å². The Morgan fingerprint density at radius 2 is 1.04 bits per heavy atom. The zero-order valence-corrected chi connectivity index (χ0v) is 31.2. The van der Waals surface area contributed by atoms with Gasteiger partial charge in [0.1, 0.15) is 6.61 Å². The molecule has 0 radical (unpaired) electrons. The van der Waals surface area contributed by atoms with Crippen molar-refractivity contribution in [2.75, 3.05) is 26.4 Å². The minimum Gasteiger partial charge on any atom is -0.462 e. The molecule has 2 atom stereocenters. The van der Waals surface area contributed by atoms with E-state index in [0.717, 1.165) is 51.4 Å². The molecule has 47 heavy (non-hydrogen) atoms. The van der Waals surface area contributed by atoms with E-state index in [1.165, 1.54) is 96.3 Å². The number of rotatable bonds is 36. The topological polar surface area (TPSA) is 134 Å². The highest BCUT2D eigenvalue weighted by atomic mass is 31.2. The van der Waals surface area contributed by atoms with Crippen LogP contribution in [-0.4, -0.2) is 49.3 Å². The Morgan fingerprint density at radius 1 is 0.617 bits per heavy atom. The molecule has 0 rings (SSSR count). The number of unbranched alkanes of at least 4 members (excludes halogenated alkanes) is 21. The molecule has 3 N–H and O–H groups in total. The highest BCUT2D eigenvalue weighted by molar-refractivity contribution is 7.47. The van der Waals surface area contributed by atoms with Crippen LogP contribution in [0.4, 0.5) is 0 Å². The van der Waals surface area contributed by atoms with Gasteiger partial charge < -0.3 is 20.1 Å². The van der Waals surface area contributed by atoms with Crippen LogP contribution in [-0.2, 0) is 32.7 Å². The lowest BCUT2D eigenvalue weighted by Crippen LogP contribution is -2.29. The summed E-state index contributed by atoms with van der Waals surface area (Å²) in [7, 11) is -4.37. The quantitative estimate of drug-likeness (QED) is 0.0285. The number of nitrogens with two attached hydrogens (primary N) is 1. The smallest absolute Gasteiger partial charge is 0.462 e. The molecule has 0 aliphatic rings. The van der Waals surface area contributed by atoms with Crippen molar-refractivity contribution >= 4 is 19.8 Å². The van der Waals surface area contributed by atoms with Crippen LogP contribution in [0.25, 0.3) is 0 Å². The number of allylic oxidation sites excluding steroid dienone is 2. The van der Waals surface area contributed by atoms with Gasteiger partial charge in [-0.1, -0.05) is 142 Å². The van der Waals surface area contributed by atoms with E-state index in [0.29, 0.717) is 6.42 Å². The molecule has 0 aromatic rings. The number of hydrogen-bond donors (Lipinski definition) is 2. The van der Waals surface area contributed by atoms with Gasteiger partial charge in [-0.05, 0) is 38.5 Å². The number of phosphoric ester groups is 1. The first-order chi connectivity index (χ1) is 22.8. The summed E-state index contributed by atoms with van der Waals surface area (Å²) in [6.45, 7) is 3.71. The molecule has 0 bridgehead atoms. The van der Waals surface area contributed by atoms with Gasteiger partial charge in [0.2, 0.25) is 0 Å². The van der Waals surface area contributed by atoms with Gasteiger partial charge in [0.05, 0.1) is 13.2 Å². The van der Waals surface area contributed by atoms with Crippen LogP contribution in [0, 0.1) is 0 Å². The zero-order valence-electron chi connectivity index (χ0n) is 30.3. The summed E-state index contributed by atoms with van der Waals surface area (Å²) in [5.74, 6) is -0.834. The predicted octanol–water partition coefficient (Wildman–Crippen LogP) is 10.3. The molecule has 0 aromatic carbocycles. The van der Waals surface area contributed by atoms with Crippen LogP contribution in [0.15, 0.2) is 12.2 Å². The van der Waals surface area contributed by atoms with Gasteiger partial charge in [0.15, 0.2) is 6.10 Å². The Bertz CT molecular complexity index is 794. The largest absolute Gasteiger partial charge is 0.472 e. The fourth-order valence-electron chi connectivity index (χ4n) is 5.28. The van der Waals surface area contributed by atoms with E-state index in [1.54, 1.807) is 0 Å². The van der Waals surface area contributed by atoms with Crippen molar-refractivity contribution in [2.45, 2.75) is 187 Å². The standard InChI is InChI=1S/C37H72NO8P/c1-3-5-7-9-11-13-15-17-18-20-22-24-26-28-30-37(40)46-35(34-45-47(41,42)44-32-31-38)33-43-36(39)29-27-25-23-21-19-16-14-12-10-8-6-4-2/h15,17,35H,3-14,16,18-34,38H2,1-2H3,(H,41,42)/b17-15+/t35-/m1/s1. The number of esters is 2. The first-order valence-electron chi connectivity index (χ1n) is 19.2. The maximum absolute atomic E-state index is 12.5. The third-order valence-electron chi connectivity index (χ3n) is 8.15. The summed E-state index contributed by atoms with van der Waals surface area (Å²) in [6, 6.07) is 0. The first kappa shape index (κ1) is 45.8. The van der Waals surface area contributed by atoms with Crippen molar-refractivity contribution in [3.05, 3.63) is 12.2 Å².